The first kappa shape index (κ1) is 10.9. The lowest BCUT2D eigenvalue weighted by Crippen LogP contribution is -1.84. The summed E-state index contributed by atoms with van der Waals surface area (Å²) in [6.07, 6.45) is 8.41. The minimum Gasteiger partial charge on any atom is -0.478 e. The molecule has 0 bridgehead atoms. The lowest BCUT2D eigenvalue weighted by Gasteiger charge is -1.73. The predicted molar refractivity (Wildman–Crippen MR) is 50.4 cm³/mol. The Bertz CT molecular complexity index is 348. The fraction of sp³-hybridized carbons (Fsp3) is 0.182. The van der Waals surface area contributed by atoms with Gasteiger partial charge in [0.15, 0.2) is 0 Å². The molecule has 0 aromatic heterocycles. The van der Waals surface area contributed by atoms with Gasteiger partial charge in [-0.25, -0.2) is 4.79 Å². The summed E-state index contributed by atoms with van der Waals surface area (Å²) in [5.41, 5.74) is 0. The molecule has 1 N–H and O–H groups in total. The van der Waals surface area contributed by atoms with Crippen molar-refractivity contribution in [2.24, 2.45) is 0 Å². The Balaban J connectivity index is 3.78. The summed E-state index contributed by atoms with van der Waals surface area (Å²) in [5, 5.41) is 8.17. The van der Waals surface area contributed by atoms with E-state index in [1.807, 2.05) is 0 Å². The van der Waals surface area contributed by atoms with Crippen LogP contribution in [0.5, 0.6) is 0 Å². The second kappa shape index (κ2) is 7.99. The van der Waals surface area contributed by atoms with E-state index in [2.05, 4.69) is 29.6 Å². The van der Waals surface area contributed by atoms with Gasteiger partial charge in [0.2, 0.25) is 0 Å². The van der Waals surface area contributed by atoms with Gasteiger partial charge in [-0.3, -0.25) is 0 Å². The third-order valence-corrected chi connectivity index (χ3v) is 0.927. The summed E-state index contributed by atoms with van der Waals surface area (Å²) < 4.78 is 0. The SMILES string of the molecule is C#CCCC#CC#C/C=C\C(=O)O. The number of unbranched alkanes of at least 4 members (excludes halogenated alkanes) is 1. The van der Waals surface area contributed by atoms with Gasteiger partial charge < -0.3 is 5.11 Å². The highest BCUT2D eigenvalue weighted by Gasteiger charge is 1.79. The van der Waals surface area contributed by atoms with Crippen molar-refractivity contribution in [2.45, 2.75) is 12.8 Å². The lowest BCUT2D eigenvalue weighted by atomic mass is 10.3. The van der Waals surface area contributed by atoms with Gasteiger partial charge in [0.05, 0.1) is 0 Å². The molecule has 2 heteroatoms. The number of carboxylic acids is 1. The Labute approximate surface area is 77.7 Å². The van der Waals surface area contributed by atoms with Gasteiger partial charge in [-0.2, -0.15) is 0 Å². The molecule has 0 aliphatic rings. The van der Waals surface area contributed by atoms with E-state index in [9.17, 15) is 4.79 Å². The molecule has 0 amide bonds. The van der Waals surface area contributed by atoms with E-state index in [4.69, 9.17) is 11.5 Å². The van der Waals surface area contributed by atoms with Crippen LogP contribution in [0.1, 0.15) is 12.8 Å². The Morgan fingerprint density at radius 3 is 2.77 bits per heavy atom. The first-order chi connectivity index (χ1) is 6.27. The largest absolute Gasteiger partial charge is 0.478 e. The molecule has 0 aromatic carbocycles. The minimum absolute atomic E-state index is 0.611. The third-order valence-electron chi connectivity index (χ3n) is 0.927. The van der Waals surface area contributed by atoms with Crippen LogP contribution in [0.25, 0.3) is 0 Å². The van der Waals surface area contributed by atoms with Crippen LogP contribution in [0.2, 0.25) is 0 Å². The zero-order valence-corrected chi connectivity index (χ0v) is 7.00. The molecule has 0 rings (SSSR count). The van der Waals surface area contributed by atoms with E-state index in [0.29, 0.717) is 12.8 Å². The molecule has 0 saturated heterocycles. The van der Waals surface area contributed by atoms with E-state index in [1.54, 1.807) is 0 Å². The molecule has 2 nitrogen and oxygen atoms in total. The second-order valence-corrected chi connectivity index (χ2v) is 1.95. The third kappa shape index (κ3) is 9.89. The molecule has 64 valence electrons. The van der Waals surface area contributed by atoms with E-state index in [1.165, 1.54) is 6.08 Å². The van der Waals surface area contributed by atoms with Gasteiger partial charge in [0, 0.05) is 18.9 Å². The molecule has 0 radical (unpaired) electrons. The fourth-order valence-electron chi connectivity index (χ4n) is 0.432. The maximum Gasteiger partial charge on any atom is 0.328 e. The van der Waals surface area contributed by atoms with E-state index in [0.717, 1.165) is 6.08 Å². The van der Waals surface area contributed by atoms with Gasteiger partial charge in [0.1, 0.15) is 0 Å². The number of rotatable bonds is 2. The zero-order chi connectivity index (χ0) is 9.94. The van der Waals surface area contributed by atoms with Crippen LogP contribution in [0.15, 0.2) is 12.2 Å². The van der Waals surface area contributed by atoms with Gasteiger partial charge in [-0.1, -0.05) is 11.8 Å². The average Bonchev–Trinajstić information content (AvgIpc) is 2.09. The van der Waals surface area contributed by atoms with E-state index >= 15 is 0 Å². The molecule has 0 atom stereocenters. The molecule has 0 heterocycles. The van der Waals surface area contributed by atoms with E-state index in [-0.39, 0.29) is 0 Å². The number of carbonyl (C=O) groups is 1. The minimum atomic E-state index is -1.02. The standard InChI is InChI=1S/C11H8O2/c1-2-3-4-5-6-7-8-9-10-11(12)13/h1,9-10H,3-4H2,(H,12,13)/b10-9-. The van der Waals surface area contributed by atoms with Crippen molar-refractivity contribution in [1.29, 1.82) is 0 Å². The van der Waals surface area contributed by atoms with Crippen molar-refractivity contribution in [2.75, 3.05) is 0 Å². The smallest absolute Gasteiger partial charge is 0.328 e. The van der Waals surface area contributed by atoms with Crippen LogP contribution in [0, 0.1) is 36.0 Å². The summed E-state index contributed by atoms with van der Waals surface area (Å²) in [6.45, 7) is 0. The van der Waals surface area contributed by atoms with Gasteiger partial charge in [0.25, 0.3) is 0 Å². The summed E-state index contributed by atoms with van der Waals surface area (Å²) in [4.78, 5) is 9.96. The van der Waals surface area contributed by atoms with Crippen LogP contribution in [-0.4, -0.2) is 11.1 Å². The number of allylic oxidation sites excluding steroid dienone is 1. The number of carboxylic acid groups (broad SMARTS) is 1. The van der Waals surface area contributed by atoms with Crippen LogP contribution in [-0.2, 0) is 4.79 Å². The average molecular weight is 172 g/mol. The Morgan fingerprint density at radius 1 is 1.38 bits per heavy atom. The normalized spacial score (nSPS) is 7.62. The number of hydrogen-bond donors (Lipinski definition) is 1. The molecule has 0 saturated carbocycles. The molecular weight excluding hydrogens is 164 g/mol. The summed E-state index contributed by atoms with van der Waals surface area (Å²) in [5.74, 6) is 11.6. The number of aliphatic carboxylic acids is 1. The van der Waals surface area contributed by atoms with Crippen LogP contribution in [0.3, 0.4) is 0 Å². The second-order valence-electron chi connectivity index (χ2n) is 1.95. The quantitative estimate of drug-likeness (QED) is 0.384. The Hall–Kier alpha value is -2.11. The van der Waals surface area contributed by atoms with Crippen LogP contribution in [0.4, 0.5) is 0 Å². The molecule has 0 aliphatic carbocycles. The summed E-state index contributed by atoms with van der Waals surface area (Å²) >= 11 is 0. The van der Waals surface area contributed by atoms with Gasteiger partial charge in [-0.15, -0.1) is 12.3 Å². The molecule has 0 spiro atoms. The molecule has 0 fully saturated rings. The monoisotopic (exact) mass is 172 g/mol. The summed E-state index contributed by atoms with van der Waals surface area (Å²) in [7, 11) is 0. The number of terminal acetylenes is 1. The maximum atomic E-state index is 9.96. The van der Waals surface area contributed by atoms with E-state index < -0.39 is 5.97 Å². The van der Waals surface area contributed by atoms with Crippen LogP contribution >= 0.6 is 0 Å². The molecule has 0 aromatic rings. The van der Waals surface area contributed by atoms with Crippen LogP contribution < -0.4 is 0 Å². The van der Waals surface area contributed by atoms with Crippen molar-refractivity contribution >= 4 is 5.97 Å². The predicted octanol–water partition coefficient (Wildman–Crippen LogP) is 1.05. The van der Waals surface area contributed by atoms with Crippen molar-refractivity contribution in [1.82, 2.24) is 0 Å². The van der Waals surface area contributed by atoms with Crippen molar-refractivity contribution in [3.63, 3.8) is 0 Å². The Morgan fingerprint density at radius 2 is 2.15 bits per heavy atom. The molecule has 13 heavy (non-hydrogen) atoms. The zero-order valence-electron chi connectivity index (χ0n) is 7.00. The molecule has 0 unspecified atom stereocenters. The van der Waals surface area contributed by atoms with Crippen molar-refractivity contribution in [3.8, 4) is 36.0 Å². The van der Waals surface area contributed by atoms with Gasteiger partial charge in [-0.05, 0) is 17.9 Å². The summed E-state index contributed by atoms with van der Waals surface area (Å²) in [6, 6.07) is 0. The highest BCUT2D eigenvalue weighted by Crippen LogP contribution is 1.80. The fourth-order valence-corrected chi connectivity index (χ4v) is 0.432. The first-order valence-electron chi connectivity index (χ1n) is 3.58. The number of hydrogen-bond acceptors (Lipinski definition) is 1. The highest BCUT2D eigenvalue weighted by molar-refractivity contribution is 5.80. The lowest BCUT2D eigenvalue weighted by molar-refractivity contribution is -0.131. The molecule has 0 aliphatic heterocycles. The first-order valence-corrected chi connectivity index (χ1v) is 3.58. The van der Waals surface area contributed by atoms with Crippen molar-refractivity contribution in [3.05, 3.63) is 12.2 Å². The highest BCUT2D eigenvalue weighted by atomic mass is 16.4. The van der Waals surface area contributed by atoms with Gasteiger partial charge >= 0.3 is 5.97 Å². The maximum absolute atomic E-state index is 9.96. The topological polar surface area (TPSA) is 37.3 Å². The Kier molecular flexibility index (Phi) is 6.69. The van der Waals surface area contributed by atoms with Crippen molar-refractivity contribution < 1.29 is 9.90 Å². The molecular formula is C11H8O2.